The predicted molar refractivity (Wildman–Crippen MR) is 44.3 cm³/mol. The van der Waals surface area contributed by atoms with E-state index in [1.165, 1.54) is 0 Å². The number of aliphatic carboxylic acids is 1. The average Bonchev–Trinajstić information content (AvgIpc) is 2.08. The summed E-state index contributed by atoms with van der Waals surface area (Å²) in [5, 5.41) is 7.82. The van der Waals surface area contributed by atoms with Crippen LogP contribution in [0.25, 0.3) is 0 Å². The maximum Gasteiger partial charge on any atom is 1.00 e. The number of carboxylic acid groups (broad SMARTS) is 1. The average molecular weight is 282 g/mol. The predicted octanol–water partition coefficient (Wildman–Crippen LogP) is -8.22. The van der Waals surface area contributed by atoms with E-state index in [0.717, 1.165) is 6.08 Å². The van der Waals surface area contributed by atoms with E-state index in [-0.39, 0.29) is 65.7 Å². The Kier molecular flexibility index (Phi) is 14.1. The Morgan fingerprint density at radius 3 is 2.12 bits per heavy atom. The molecular weight excluding hydrogens is 274 g/mol. The van der Waals surface area contributed by atoms with Crippen molar-refractivity contribution in [1.29, 1.82) is 0 Å². The summed E-state index contributed by atoms with van der Waals surface area (Å²) in [4.78, 5) is 21.0. The van der Waals surface area contributed by atoms with Gasteiger partial charge < -0.3 is 19.2 Å². The van der Waals surface area contributed by atoms with Crippen molar-refractivity contribution in [2.75, 3.05) is 6.61 Å². The third-order valence-electron chi connectivity index (χ3n) is 1.31. The van der Waals surface area contributed by atoms with Crippen LogP contribution in [0.2, 0.25) is 0 Å². The SMILES string of the molecule is C=CCOC(=O)C(CC(=O)[O-])S(=O)(=O)[O-].[Na+].[Na+]. The normalized spacial score (nSPS) is 11.4. The zero-order chi connectivity index (χ0) is 12.1. The molecule has 0 N–H and O–H groups in total. The van der Waals surface area contributed by atoms with Gasteiger partial charge in [0.1, 0.15) is 16.7 Å². The van der Waals surface area contributed by atoms with Gasteiger partial charge in [-0.3, -0.25) is 4.79 Å². The summed E-state index contributed by atoms with van der Waals surface area (Å²) >= 11 is 0. The zero-order valence-electron chi connectivity index (χ0n) is 9.54. The van der Waals surface area contributed by atoms with Crippen LogP contribution in [0.3, 0.4) is 0 Å². The molecule has 0 heterocycles. The minimum Gasteiger partial charge on any atom is -0.747 e. The van der Waals surface area contributed by atoms with Crippen LogP contribution in [-0.4, -0.2) is 36.8 Å². The molecule has 0 aromatic heterocycles. The minimum atomic E-state index is -5.07. The van der Waals surface area contributed by atoms with Gasteiger partial charge >= 0.3 is 65.1 Å². The van der Waals surface area contributed by atoms with Crippen LogP contribution < -0.4 is 64.2 Å². The number of hydrogen-bond acceptors (Lipinski definition) is 7. The summed E-state index contributed by atoms with van der Waals surface area (Å²) in [6.45, 7) is 2.87. The first kappa shape index (κ1) is 22.7. The Balaban J connectivity index is -0.000000980. The van der Waals surface area contributed by atoms with Crippen molar-refractivity contribution in [3.05, 3.63) is 12.7 Å². The van der Waals surface area contributed by atoms with Crippen molar-refractivity contribution in [2.24, 2.45) is 0 Å². The summed E-state index contributed by atoms with van der Waals surface area (Å²) in [7, 11) is -5.07. The third-order valence-corrected chi connectivity index (χ3v) is 2.36. The van der Waals surface area contributed by atoms with Gasteiger partial charge in [0, 0.05) is 12.4 Å². The topological polar surface area (TPSA) is 124 Å². The van der Waals surface area contributed by atoms with Gasteiger partial charge in [-0.15, -0.1) is 0 Å². The van der Waals surface area contributed by atoms with Crippen LogP contribution in [0, 0.1) is 0 Å². The van der Waals surface area contributed by atoms with Crippen molar-refractivity contribution >= 4 is 22.1 Å². The Morgan fingerprint density at radius 1 is 1.35 bits per heavy atom. The molecule has 1 unspecified atom stereocenters. The van der Waals surface area contributed by atoms with E-state index < -0.39 is 33.7 Å². The standard InChI is InChI=1S/C7H10O7S.2Na/c1-2-3-14-7(10)5(4-6(8)9)15(11,12)13;;/h2,5H,1,3-4H2,(H,8,9)(H,11,12,13);;/q;2*+1/p-2. The van der Waals surface area contributed by atoms with Gasteiger partial charge in [-0.2, -0.15) is 0 Å². The van der Waals surface area contributed by atoms with Gasteiger partial charge in [-0.1, -0.05) is 12.7 Å². The summed E-state index contributed by atoms with van der Waals surface area (Å²) in [5.41, 5.74) is 0. The van der Waals surface area contributed by atoms with E-state index in [1.54, 1.807) is 0 Å². The molecule has 0 fully saturated rings. The van der Waals surface area contributed by atoms with Crippen molar-refractivity contribution in [1.82, 2.24) is 0 Å². The molecule has 0 amide bonds. The van der Waals surface area contributed by atoms with E-state index in [4.69, 9.17) is 0 Å². The second kappa shape index (κ2) is 10.5. The van der Waals surface area contributed by atoms with Crippen LogP contribution in [0.5, 0.6) is 0 Å². The van der Waals surface area contributed by atoms with Gasteiger partial charge in [-0.05, 0) is 0 Å². The summed E-state index contributed by atoms with van der Waals surface area (Å²) in [5.74, 6) is -3.25. The molecule has 0 aliphatic rings. The molecule has 10 heteroatoms. The first-order valence-electron chi connectivity index (χ1n) is 3.71. The fourth-order valence-electron chi connectivity index (χ4n) is 0.689. The monoisotopic (exact) mass is 282 g/mol. The van der Waals surface area contributed by atoms with Crippen molar-refractivity contribution < 1.29 is 91.5 Å². The molecule has 0 aromatic rings. The van der Waals surface area contributed by atoms with E-state index in [9.17, 15) is 27.7 Å². The molecule has 0 saturated heterocycles. The second-order valence-electron chi connectivity index (χ2n) is 2.48. The summed E-state index contributed by atoms with van der Waals surface area (Å²) in [6, 6.07) is 0. The Morgan fingerprint density at radius 2 is 1.82 bits per heavy atom. The molecule has 0 spiro atoms. The molecule has 0 aromatic carbocycles. The maximum absolute atomic E-state index is 10.9. The smallest absolute Gasteiger partial charge is 0.747 e. The Bertz CT molecular complexity index is 364. The molecule has 0 aliphatic heterocycles. The summed E-state index contributed by atoms with van der Waals surface area (Å²) < 4.78 is 35.7. The van der Waals surface area contributed by atoms with Gasteiger partial charge in [-0.25, -0.2) is 8.42 Å². The number of hydrogen-bond donors (Lipinski definition) is 0. The van der Waals surface area contributed by atoms with E-state index in [0.29, 0.717) is 0 Å². The summed E-state index contributed by atoms with van der Waals surface area (Å²) in [6.07, 6.45) is -0.0762. The van der Waals surface area contributed by atoms with Gasteiger partial charge in [0.15, 0.2) is 5.25 Å². The van der Waals surface area contributed by atoms with Gasteiger partial charge in [0.05, 0.1) is 0 Å². The molecule has 0 bridgehead atoms. The number of carbonyl (C=O) groups excluding carboxylic acids is 2. The number of carboxylic acids is 1. The Hall–Kier alpha value is 0.590. The van der Waals surface area contributed by atoms with E-state index in [2.05, 4.69) is 11.3 Å². The zero-order valence-corrected chi connectivity index (χ0v) is 14.4. The molecule has 86 valence electrons. The maximum atomic E-state index is 10.9. The fourth-order valence-corrected chi connectivity index (χ4v) is 1.33. The molecule has 0 radical (unpaired) electrons. The number of rotatable bonds is 6. The molecule has 0 saturated carbocycles. The van der Waals surface area contributed by atoms with Crippen molar-refractivity contribution in [3.8, 4) is 0 Å². The molecule has 17 heavy (non-hydrogen) atoms. The van der Waals surface area contributed by atoms with Crippen LogP contribution in [-0.2, 0) is 24.4 Å². The van der Waals surface area contributed by atoms with Gasteiger partial charge in [0.2, 0.25) is 0 Å². The first-order chi connectivity index (χ1) is 6.79. The number of carbonyl (C=O) groups is 2. The molecule has 1 atom stereocenters. The van der Waals surface area contributed by atoms with Crippen LogP contribution in [0.1, 0.15) is 6.42 Å². The van der Waals surface area contributed by atoms with Crippen LogP contribution in [0.4, 0.5) is 0 Å². The second-order valence-corrected chi connectivity index (χ2v) is 4.03. The number of ether oxygens (including phenoxy) is 1. The molecule has 7 nitrogen and oxygen atoms in total. The molecule has 0 rings (SSSR count). The third kappa shape index (κ3) is 10.2. The molecule has 0 aliphatic carbocycles. The van der Waals surface area contributed by atoms with Gasteiger partial charge in [0.25, 0.3) is 0 Å². The Labute approximate surface area is 143 Å². The fraction of sp³-hybridized carbons (Fsp3) is 0.429. The minimum absolute atomic E-state index is 0. The van der Waals surface area contributed by atoms with Crippen LogP contribution in [0.15, 0.2) is 12.7 Å². The van der Waals surface area contributed by atoms with Crippen molar-refractivity contribution in [3.63, 3.8) is 0 Å². The van der Waals surface area contributed by atoms with E-state index in [1.807, 2.05) is 0 Å². The molecular formula is C7H8Na2O7S. The first-order valence-corrected chi connectivity index (χ1v) is 5.18. The van der Waals surface area contributed by atoms with Crippen molar-refractivity contribution in [2.45, 2.75) is 11.7 Å². The number of esters is 1. The quantitative estimate of drug-likeness (QED) is 0.205. The largest absolute Gasteiger partial charge is 1.00 e. The van der Waals surface area contributed by atoms with E-state index >= 15 is 0 Å². The van der Waals surface area contributed by atoms with Crippen LogP contribution >= 0.6 is 0 Å².